The van der Waals surface area contributed by atoms with Gasteiger partial charge in [0.15, 0.2) is 0 Å². The topological polar surface area (TPSA) is 60.9 Å². The van der Waals surface area contributed by atoms with Crippen molar-refractivity contribution in [2.75, 3.05) is 20.1 Å². The molecule has 6 heteroatoms. The highest BCUT2D eigenvalue weighted by atomic mass is 32.1. The second-order valence-corrected chi connectivity index (χ2v) is 6.49. The van der Waals surface area contributed by atoms with Gasteiger partial charge in [-0.15, -0.1) is 11.3 Å². The fourth-order valence-corrected chi connectivity index (χ4v) is 3.69. The van der Waals surface area contributed by atoms with Gasteiger partial charge in [-0.05, 0) is 43.8 Å². The van der Waals surface area contributed by atoms with Crippen molar-refractivity contribution < 1.29 is 14.7 Å². The van der Waals surface area contributed by atoms with E-state index in [9.17, 15) is 9.59 Å². The minimum Gasteiger partial charge on any atom is -0.480 e. The fourth-order valence-electron chi connectivity index (χ4n) is 2.76. The summed E-state index contributed by atoms with van der Waals surface area (Å²) in [6, 6.07) is 1.58. The molecule has 0 bridgehead atoms. The molecule has 116 valence electrons. The number of amides is 1. The average Bonchev–Trinajstić information content (AvgIpc) is 2.93. The lowest BCUT2D eigenvalue weighted by Gasteiger charge is -2.36. The summed E-state index contributed by atoms with van der Waals surface area (Å²) in [5.41, 5.74) is 1.26. The predicted molar refractivity (Wildman–Crippen MR) is 82.5 cm³/mol. The molecule has 1 aliphatic rings. The third-order valence-electron chi connectivity index (χ3n) is 4.21. The normalized spacial score (nSPS) is 19.4. The van der Waals surface area contributed by atoms with Crippen LogP contribution >= 0.6 is 11.3 Å². The van der Waals surface area contributed by atoms with Crippen molar-refractivity contribution in [1.29, 1.82) is 0 Å². The molecule has 0 fully saturated rings. The van der Waals surface area contributed by atoms with E-state index in [0.29, 0.717) is 0 Å². The first-order valence-corrected chi connectivity index (χ1v) is 8.12. The predicted octanol–water partition coefficient (Wildman–Crippen LogP) is 1.99. The number of thiophene rings is 1. The smallest absolute Gasteiger partial charge is 0.320 e. The van der Waals surface area contributed by atoms with Crippen LogP contribution in [0.4, 0.5) is 0 Å². The Bertz CT molecular complexity index is 529. The van der Waals surface area contributed by atoms with Gasteiger partial charge in [0.2, 0.25) is 5.91 Å². The van der Waals surface area contributed by atoms with E-state index in [2.05, 4.69) is 18.4 Å². The van der Waals surface area contributed by atoms with Crippen LogP contribution in [0.25, 0.3) is 0 Å². The summed E-state index contributed by atoms with van der Waals surface area (Å²) >= 11 is 1.75. The Kier molecular flexibility index (Phi) is 5.00. The molecule has 0 spiro atoms. The van der Waals surface area contributed by atoms with Crippen molar-refractivity contribution >= 4 is 23.2 Å². The summed E-state index contributed by atoms with van der Waals surface area (Å²) in [5.74, 6) is -0.898. The molecular formula is C15H22N2O3S. The maximum Gasteiger partial charge on any atom is 0.320 e. The van der Waals surface area contributed by atoms with Crippen molar-refractivity contribution in [1.82, 2.24) is 9.80 Å². The van der Waals surface area contributed by atoms with Gasteiger partial charge >= 0.3 is 5.97 Å². The van der Waals surface area contributed by atoms with Crippen LogP contribution in [0.3, 0.4) is 0 Å². The highest BCUT2D eigenvalue weighted by Gasteiger charge is 2.31. The first-order valence-electron chi connectivity index (χ1n) is 7.24. The summed E-state index contributed by atoms with van der Waals surface area (Å²) < 4.78 is 0. The quantitative estimate of drug-likeness (QED) is 0.903. The second kappa shape index (κ2) is 6.58. The Labute approximate surface area is 129 Å². The largest absolute Gasteiger partial charge is 0.480 e. The maximum absolute atomic E-state index is 12.5. The van der Waals surface area contributed by atoms with E-state index in [-0.39, 0.29) is 18.5 Å². The van der Waals surface area contributed by atoms with E-state index in [4.69, 9.17) is 5.11 Å². The zero-order chi connectivity index (χ0) is 15.6. The van der Waals surface area contributed by atoms with E-state index in [1.807, 2.05) is 4.90 Å². The molecule has 0 radical (unpaired) electrons. The maximum atomic E-state index is 12.5. The molecule has 1 aliphatic heterocycles. The number of aliphatic carboxylic acids is 1. The van der Waals surface area contributed by atoms with Crippen LogP contribution in [0.15, 0.2) is 11.4 Å². The number of carbonyl (C=O) groups is 2. The number of fused-ring (bicyclic) bond motifs is 1. The lowest BCUT2D eigenvalue weighted by molar-refractivity contribution is -0.144. The van der Waals surface area contributed by atoms with Gasteiger partial charge in [0.25, 0.3) is 0 Å². The molecule has 2 rings (SSSR count). The Morgan fingerprint density at radius 2 is 2.29 bits per heavy atom. The number of hydrogen-bond acceptors (Lipinski definition) is 4. The van der Waals surface area contributed by atoms with Crippen LogP contribution in [-0.4, -0.2) is 53.0 Å². The highest BCUT2D eigenvalue weighted by molar-refractivity contribution is 7.10. The highest BCUT2D eigenvalue weighted by Crippen LogP contribution is 2.35. The van der Waals surface area contributed by atoms with Gasteiger partial charge in [-0.3, -0.25) is 14.5 Å². The monoisotopic (exact) mass is 310 g/mol. The zero-order valence-corrected chi connectivity index (χ0v) is 13.5. The molecule has 1 aromatic rings. The molecule has 1 amide bonds. The molecular weight excluding hydrogens is 288 g/mol. The average molecular weight is 310 g/mol. The molecule has 0 aliphatic carbocycles. The number of carboxylic acid groups (broad SMARTS) is 1. The summed E-state index contributed by atoms with van der Waals surface area (Å²) in [7, 11) is 1.68. The Hall–Kier alpha value is -1.40. The summed E-state index contributed by atoms with van der Waals surface area (Å²) in [6.45, 7) is 4.55. The lowest BCUT2D eigenvalue weighted by atomic mass is 9.97. The summed E-state index contributed by atoms with van der Waals surface area (Å²) in [5, 5.41) is 11.1. The van der Waals surface area contributed by atoms with E-state index in [0.717, 1.165) is 19.4 Å². The van der Waals surface area contributed by atoms with Gasteiger partial charge in [0.1, 0.15) is 6.04 Å². The number of hydrogen-bond donors (Lipinski definition) is 1. The number of carbonyl (C=O) groups excluding carboxylic acids is 1. The van der Waals surface area contributed by atoms with Crippen LogP contribution in [0.2, 0.25) is 0 Å². The second-order valence-electron chi connectivity index (χ2n) is 5.49. The Morgan fingerprint density at radius 3 is 2.90 bits per heavy atom. The molecule has 2 unspecified atom stereocenters. The van der Waals surface area contributed by atoms with E-state index < -0.39 is 12.0 Å². The van der Waals surface area contributed by atoms with Gasteiger partial charge in [-0.1, -0.05) is 6.92 Å². The summed E-state index contributed by atoms with van der Waals surface area (Å²) in [4.78, 5) is 28.4. The molecule has 5 nitrogen and oxygen atoms in total. The van der Waals surface area contributed by atoms with Gasteiger partial charge in [-0.25, -0.2) is 0 Å². The SMILES string of the molecule is CCC1c2ccsc2CCN1C(=O)CN(C)C(C)C(=O)O. The van der Waals surface area contributed by atoms with Crippen LogP contribution in [0, 0.1) is 0 Å². The Balaban J connectivity index is 2.08. The van der Waals surface area contributed by atoms with E-state index >= 15 is 0 Å². The van der Waals surface area contributed by atoms with E-state index in [1.54, 1.807) is 30.2 Å². The van der Waals surface area contributed by atoms with Crippen LogP contribution in [0.5, 0.6) is 0 Å². The van der Waals surface area contributed by atoms with Crippen molar-refractivity contribution in [2.24, 2.45) is 0 Å². The molecule has 1 N–H and O–H groups in total. The molecule has 0 saturated carbocycles. The minimum absolute atomic E-state index is 0.00861. The number of carboxylic acids is 1. The molecule has 2 heterocycles. The van der Waals surface area contributed by atoms with Crippen LogP contribution in [-0.2, 0) is 16.0 Å². The van der Waals surface area contributed by atoms with Gasteiger partial charge in [0.05, 0.1) is 12.6 Å². The third kappa shape index (κ3) is 3.27. The van der Waals surface area contributed by atoms with Crippen molar-refractivity contribution in [2.45, 2.75) is 38.8 Å². The number of likely N-dealkylation sites (N-methyl/N-ethyl adjacent to an activating group) is 1. The summed E-state index contributed by atoms with van der Waals surface area (Å²) in [6.07, 6.45) is 1.78. The fraction of sp³-hybridized carbons (Fsp3) is 0.600. The standard InChI is InChI=1S/C15H22N2O3S/c1-4-12-11-6-8-21-13(11)5-7-17(12)14(18)9-16(3)10(2)15(19)20/h6,8,10,12H,4-5,7,9H2,1-3H3,(H,19,20). The molecule has 1 aromatic heterocycles. The number of rotatable bonds is 5. The molecule has 2 atom stereocenters. The molecule has 0 saturated heterocycles. The third-order valence-corrected chi connectivity index (χ3v) is 5.20. The first kappa shape index (κ1) is 16.0. The minimum atomic E-state index is -0.906. The van der Waals surface area contributed by atoms with Gasteiger partial charge in [0, 0.05) is 11.4 Å². The van der Waals surface area contributed by atoms with Crippen LogP contribution < -0.4 is 0 Å². The van der Waals surface area contributed by atoms with Crippen LogP contribution in [0.1, 0.15) is 36.8 Å². The van der Waals surface area contributed by atoms with Crippen molar-refractivity contribution in [3.63, 3.8) is 0 Å². The molecule has 0 aromatic carbocycles. The van der Waals surface area contributed by atoms with Gasteiger partial charge in [-0.2, -0.15) is 0 Å². The van der Waals surface area contributed by atoms with E-state index in [1.165, 1.54) is 10.4 Å². The molecule has 21 heavy (non-hydrogen) atoms. The Morgan fingerprint density at radius 1 is 1.57 bits per heavy atom. The first-order chi connectivity index (χ1) is 9.95. The van der Waals surface area contributed by atoms with Crippen molar-refractivity contribution in [3.05, 3.63) is 21.9 Å². The lowest BCUT2D eigenvalue weighted by Crippen LogP contribution is -2.47. The van der Waals surface area contributed by atoms with Gasteiger partial charge < -0.3 is 10.0 Å². The van der Waals surface area contributed by atoms with Crippen molar-refractivity contribution in [3.8, 4) is 0 Å². The number of nitrogens with zero attached hydrogens (tertiary/aromatic N) is 2. The zero-order valence-electron chi connectivity index (χ0n) is 12.7.